The Balaban J connectivity index is 1.14. The second-order valence-corrected chi connectivity index (χ2v) is 8.97. The first-order chi connectivity index (χ1) is 16.9. The van der Waals surface area contributed by atoms with Crippen molar-refractivity contribution in [3.05, 3.63) is 47.3 Å². The third-order valence-electron chi connectivity index (χ3n) is 6.39. The first-order valence-electron chi connectivity index (χ1n) is 11.8. The number of hydrogen-bond donors (Lipinski definition) is 2. The van der Waals surface area contributed by atoms with Gasteiger partial charge in [0.2, 0.25) is 0 Å². The van der Waals surface area contributed by atoms with Gasteiger partial charge in [-0.25, -0.2) is 14.4 Å². The Morgan fingerprint density at radius 1 is 1.23 bits per heavy atom. The topological polar surface area (TPSA) is 96.0 Å². The molecular weight excluding hydrogens is 460 g/mol. The number of anilines is 1. The summed E-state index contributed by atoms with van der Waals surface area (Å²) in [5, 5.41) is 4.39. The summed E-state index contributed by atoms with van der Waals surface area (Å²) in [5.74, 6) is -1.89. The summed E-state index contributed by atoms with van der Waals surface area (Å²) in [6, 6.07) is 6.13. The third kappa shape index (κ3) is 4.92. The van der Waals surface area contributed by atoms with E-state index < -0.39 is 23.8 Å². The van der Waals surface area contributed by atoms with E-state index in [1.54, 1.807) is 17.1 Å². The van der Waals surface area contributed by atoms with E-state index in [4.69, 9.17) is 9.47 Å². The minimum absolute atomic E-state index is 0.0128. The molecule has 2 fully saturated rings. The summed E-state index contributed by atoms with van der Waals surface area (Å²) in [7, 11) is 0. The van der Waals surface area contributed by atoms with Crippen molar-refractivity contribution in [3.8, 4) is 11.5 Å². The van der Waals surface area contributed by atoms with Gasteiger partial charge < -0.3 is 14.8 Å². The molecule has 1 aromatic heterocycles. The minimum Gasteiger partial charge on any atom is -0.483 e. The van der Waals surface area contributed by atoms with Gasteiger partial charge in [0.05, 0.1) is 0 Å². The Bertz CT molecular complexity index is 1140. The Labute approximate surface area is 201 Å². The lowest BCUT2D eigenvalue weighted by Crippen LogP contribution is -2.53. The highest BCUT2D eigenvalue weighted by Gasteiger charge is 2.33. The van der Waals surface area contributed by atoms with Gasteiger partial charge in [-0.05, 0) is 37.5 Å². The van der Waals surface area contributed by atoms with Crippen molar-refractivity contribution in [1.29, 1.82) is 0 Å². The predicted octanol–water partition coefficient (Wildman–Crippen LogP) is 2.47. The fraction of sp³-hybridized carbons (Fsp3) is 0.458. The predicted molar refractivity (Wildman–Crippen MR) is 122 cm³/mol. The molecule has 1 unspecified atom stereocenters. The second-order valence-electron chi connectivity index (χ2n) is 8.97. The van der Waals surface area contributed by atoms with Crippen molar-refractivity contribution in [2.45, 2.75) is 44.9 Å². The molecule has 0 aliphatic carbocycles. The smallest absolute Gasteiger partial charge is 0.284 e. The minimum atomic E-state index is -0.848. The van der Waals surface area contributed by atoms with E-state index in [1.165, 1.54) is 12.1 Å². The van der Waals surface area contributed by atoms with E-state index in [2.05, 4.69) is 15.7 Å². The Morgan fingerprint density at radius 3 is 2.71 bits per heavy atom. The molecule has 2 aromatic rings. The Kier molecular flexibility index (Phi) is 6.52. The van der Waals surface area contributed by atoms with Crippen LogP contribution >= 0.6 is 0 Å². The number of fused-ring (bicyclic) bond motifs is 1. The number of pyridine rings is 1. The lowest BCUT2D eigenvalue weighted by Gasteiger charge is -2.39. The van der Waals surface area contributed by atoms with E-state index in [0.29, 0.717) is 37.4 Å². The number of benzene rings is 1. The zero-order chi connectivity index (χ0) is 24.5. The van der Waals surface area contributed by atoms with Crippen LogP contribution in [0.1, 0.15) is 42.2 Å². The van der Waals surface area contributed by atoms with Crippen molar-refractivity contribution in [2.24, 2.45) is 0 Å². The lowest BCUT2D eigenvalue weighted by molar-refractivity contribution is -0.123. The number of ether oxygens (including phenoxy) is 2. The van der Waals surface area contributed by atoms with Crippen LogP contribution in [0.25, 0.3) is 0 Å². The van der Waals surface area contributed by atoms with Crippen molar-refractivity contribution >= 4 is 17.5 Å². The highest BCUT2D eigenvalue weighted by molar-refractivity contribution is 5.98. The van der Waals surface area contributed by atoms with Crippen LogP contribution in [0.15, 0.2) is 24.3 Å². The van der Waals surface area contributed by atoms with E-state index in [0.717, 1.165) is 25.9 Å². The second kappa shape index (κ2) is 9.74. The van der Waals surface area contributed by atoms with Crippen LogP contribution in [-0.4, -0.2) is 65.1 Å². The number of amides is 2. The molecule has 5 rings (SSSR count). The van der Waals surface area contributed by atoms with Crippen LogP contribution in [-0.2, 0) is 11.3 Å². The molecule has 186 valence electrons. The van der Waals surface area contributed by atoms with Crippen LogP contribution in [0.2, 0.25) is 0 Å². The largest absolute Gasteiger partial charge is 0.483 e. The molecule has 35 heavy (non-hydrogen) atoms. The van der Waals surface area contributed by atoms with Gasteiger partial charge in [0.25, 0.3) is 17.8 Å². The molecule has 4 heterocycles. The number of nitrogens with zero attached hydrogens (tertiary/aromatic N) is 3. The van der Waals surface area contributed by atoms with Gasteiger partial charge in [0.15, 0.2) is 17.7 Å². The first kappa shape index (κ1) is 23.4. The quantitative estimate of drug-likeness (QED) is 0.580. The number of carbonyl (C=O) groups excluding carboxylic acids is 2. The van der Waals surface area contributed by atoms with Gasteiger partial charge >= 0.3 is 0 Å². The average Bonchev–Trinajstić information content (AvgIpc) is 3.33. The van der Waals surface area contributed by atoms with Gasteiger partial charge in [0.1, 0.15) is 23.2 Å². The molecule has 2 amide bonds. The highest BCUT2D eigenvalue weighted by Crippen LogP contribution is 2.35. The molecule has 1 aromatic carbocycles. The maximum Gasteiger partial charge on any atom is 0.284 e. The summed E-state index contributed by atoms with van der Waals surface area (Å²) < 4.78 is 40.7. The number of hydrogen-bond acceptors (Lipinski definition) is 7. The monoisotopic (exact) mass is 487 g/mol. The van der Waals surface area contributed by atoms with Gasteiger partial charge in [-0.15, -0.1) is 0 Å². The van der Waals surface area contributed by atoms with Crippen LogP contribution < -0.4 is 20.2 Å². The van der Waals surface area contributed by atoms with E-state index in [-0.39, 0.29) is 29.1 Å². The van der Waals surface area contributed by atoms with Crippen molar-refractivity contribution in [3.63, 3.8) is 0 Å². The van der Waals surface area contributed by atoms with Gasteiger partial charge in [0, 0.05) is 38.3 Å². The standard InChI is InChI=1S/C24H27F2N5O4/c1-2-17-24(33)28-21-18(35-17)7-5-14(20(21)25)11-30-12-15(13-30)34-19-8-6-16(27-22(19)26)23(32)29-31-9-3-4-10-31/h5-8,15,17H,2-4,9-13H2,1H3,(H,28,33)(H,29,32). The molecule has 3 aliphatic rings. The summed E-state index contributed by atoms with van der Waals surface area (Å²) >= 11 is 0. The lowest BCUT2D eigenvalue weighted by atomic mass is 10.1. The number of hydrazine groups is 1. The number of halogens is 2. The summed E-state index contributed by atoms with van der Waals surface area (Å²) in [5.41, 5.74) is 3.19. The summed E-state index contributed by atoms with van der Waals surface area (Å²) in [6.45, 7) is 4.60. The molecule has 0 spiro atoms. The number of rotatable bonds is 7. The molecule has 3 aliphatic heterocycles. The molecule has 11 heteroatoms. The van der Waals surface area contributed by atoms with E-state index >= 15 is 0 Å². The normalized spacial score (nSPS) is 20.5. The van der Waals surface area contributed by atoms with Crippen LogP contribution in [0.4, 0.5) is 14.5 Å². The zero-order valence-corrected chi connectivity index (χ0v) is 19.4. The fourth-order valence-corrected chi connectivity index (χ4v) is 4.43. The number of nitrogens with one attached hydrogen (secondary N) is 2. The zero-order valence-electron chi connectivity index (χ0n) is 19.4. The highest BCUT2D eigenvalue weighted by atomic mass is 19.1. The Morgan fingerprint density at radius 2 is 2.00 bits per heavy atom. The van der Waals surface area contributed by atoms with E-state index in [9.17, 15) is 18.4 Å². The maximum absolute atomic E-state index is 15.0. The molecule has 2 N–H and O–H groups in total. The SMILES string of the molecule is CCC1Oc2ccc(CN3CC(Oc4ccc(C(=O)NN5CCCC5)nc4F)C3)c(F)c2NC1=O. The van der Waals surface area contributed by atoms with Crippen LogP contribution in [0.3, 0.4) is 0 Å². The van der Waals surface area contributed by atoms with Gasteiger partial charge in [-0.1, -0.05) is 13.0 Å². The van der Waals surface area contributed by atoms with Gasteiger partial charge in [-0.3, -0.25) is 19.9 Å². The number of aromatic nitrogens is 1. The maximum atomic E-state index is 15.0. The van der Waals surface area contributed by atoms with Crippen molar-refractivity contribution < 1.29 is 27.8 Å². The average molecular weight is 488 g/mol. The fourth-order valence-electron chi connectivity index (χ4n) is 4.43. The molecule has 0 saturated carbocycles. The number of carbonyl (C=O) groups is 2. The summed E-state index contributed by atoms with van der Waals surface area (Å²) in [4.78, 5) is 30.0. The molecule has 9 nitrogen and oxygen atoms in total. The van der Waals surface area contributed by atoms with E-state index in [1.807, 2.05) is 11.8 Å². The van der Waals surface area contributed by atoms with Crippen LogP contribution in [0, 0.1) is 11.8 Å². The van der Waals surface area contributed by atoms with Crippen LogP contribution in [0.5, 0.6) is 11.5 Å². The van der Waals surface area contributed by atoms with Crippen molar-refractivity contribution in [1.82, 2.24) is 20.3 Å². The van der Waals surface area contributed by atoms with Gasteiger partial charge in [-0.2, -0.15) is 4.39 Å². The molecule has 1 atom stereocenters. The Hall–Kier alpha value is -3.31. The van der Waals surface area contributed by atoms with Crippen molar-refractivity contribution in [2.75, 3.05) is 31.5 Å². The molecule has 0 radical (unpaired) electrons. The first-order valence-corrected chi connectivity index (χ1v) is 11.8. The molecular formula is C24H27F2N5O4. The number of likely N-dealkylation sites (tertiary alicyclic amines) is 1. The molecule has 0 bridgehead atoms. The third-order valence-corrected chi connectivity index (χ3v) is 6.39. The summed E-state index contributed by atoms with van der Waals surface area (Å²) in [6.07, 6.45) is 1.61. The molecule has 2 saturated heterocycles.